The van der Waals surface area contributed by atoms with Gasteiger partial charge in [-0.3, -0.25) is 0 Å². The smallest absolute Gasteiger partial charge is 0.316 e. The summed E-state index contributed by atoms with van der Waals surface area (Å²) in [5.74, 6) is 0. The lowest BCUT2D eigenvalue weighted by atomic mass is 10.4. The van der Waals surface area contributed by atoms with Crippen LogP contribution in [-0.2, 0) is 0 Å². The van der Waals surface area contributed by atoms with Crippen molar-refractivity contribution in [3.8, 4) is 0 Å². The number of benzene rings is 1. The molecule has 0 amide bonds. The van der Waals surface area contributed by atoms with Crippen molar-refractivity contribution >= 4 is 23.1 Å². The van der Waals surface area contributed by atoms with Gasteiger partial charge in [-0.15, -0.1) is 0 Å². The molecule has 2 heteroatoms. The number of aliphatic hydroxyl groups excluding tert-OH is 1. The van der Waals surface area contributed by atoms with Crippen molar-refractivity contribution in [1.82, 2.24) is 0 Å². The number of aliphatic hydroxyl groups is 1. The molecule has 0 radical (unpaired) electrons. The summed E-state index contributed by atoms with van der Waals surface area (Å²) in [5.41, 5.74) is 0. The second-order valence-electron chi connectivity index (χ2n) is 1.47. The molecule has 1 aromatic rings. The highest BCUT2D eigenvalue weighted by Crippen LogP contribution is 1.79. The quantitative estimate of drug-likeness (QED) is 0.542. The lowest BCUT2D eigenvalue weighted by Crippen LogP contribution is -1.57. The van der Waals surface area contributed by atoms with Gasteiger partial charge in [0.25, 0.3) is 0 Å². The minimum Gasteiger partial charge on any atom is -0.397 e. The van der Waals surface area contributed by atoms with Gasteiger partial charge in [0, 0.05) is 6.61 Å². The first-order valence-corrected chi connectivity index (χ1v) is 3.02. The summed E-state index contributed by atoms with van der Waals surface area (Å²) in [5, 5.41) is 7.57. The van der Waals surface area contributed by atoms with E-state index in [1.807, 2.05) is 36.4 Å². The minimum atomic E-state index is 0. The highest BCUT2D eigenvalue weighted by molar-refractivity contribution is 5.75. The summed E-state index contributed by atoms with van der Waals surface area (Å²) in [7, 11) is 0. The molecule has 0 unspecified atom stereocenters. The molecule has 0 aliphatic carbocycles. The monoisotopic (exact) mass is 150 g/mol. The average molecular weight is 151 g/mol. The van der Waals surface area contributed by atoms with Gasteiger partial charge in [-0.2, -0.15) is 0 Å². The summed E-state index contributed by atoms with van der Waals surface area (Å²) < 4.78 is 0. The summed E-state index contributed by atoms with van der Waals surface area (Å²) in [6.07, 6.45) is 0. The second kappa shape index (κ2) is 11.7. The molecule has 0 aliphatic heterocycles. The van der Waals surface area contributed by atoms with Gasteiger partial charge in [0.15, 0.2) is 0 Å². The Bertz CT molecular complexity index is 92.1. The molecule has 0 aliphatic rings. The van der Waals surface area contributed by atoms with Gasteiger partial charge < -0.3 is 5.11 Å². The molecule has 10 heavy (non-hydrogen) atoms. The largest absolute Gasteiger partial charge is 0.397 e. The fourth-order valence-corrected chi connectivity index (χ4v) is 0.385. The van der Waals surface area contributed by atoms with Crippen molar-refractivity contribution in [2.24, 2.45) is 0 Å². The summed E-state index contributed by atoms with van der Waals surface area (Å²) >= 11 is 0. The van der Waals surface area contributed by atoms with Gasteiger partial charge in [0.1, 0.15) is 0 Å². The molecule has 0 bridgehead atoms. The third-order valence-corrected chi connectivity index (χ3v) is 0.667. The zero-order valence-corrected chi connectivity index (χ0v) is 5.62. The van der Waals surface area contributed by atoms with Gasteiger partial charge in [0.2, 0.25) is 0 Å². The van der Waals surface area contributed by atoms with Gasteiger partial charge in [-0.25, -0.2) is 0 Å². The predicted octanol–water partition coefficient (Wildman–Crippen LogP) is 0.769. The topological polar surface area (TPSA) is 20.2 Å². The van der Waals surface area contributed by atoms with E-state index in [0.717, 1.165) is 0 Å². The molecule has 0 atom stereocenters. The SMILES string of the molecule is CCO.[MgH2].c1ccccc1. The number of rotatable bonds is 0. The molecule has 0 aromatic heterocycles. The Morgan fingerprint density at radius 3 is 1.10 bits per heavy atom. The molecule has 1 nitrogen and oxygen atoms in total. The van der Waals surface area contributed by atoms with Crippen LogP contribution in [0.5, 0.6) is 0 Å². The third kappa shape index (κ3) is 10.8. The van der Waals surface area contributed by atoms with Crippen molar-refractivity contribution in [3.63, 3.8) is 0 Å². The van der Waals surface area contributed by atoms with Crippen molar-refractivity contribution in [3.05, 3.63) is 36.4 Å². The van der Waals surface area contributed by atoms with Crippen LogP contribution in [-0.4, -0.2) is 34.8 Å². The fourth-order valence-electron chi connectivity index (χ4n) is 0.385. The molecule has 0 fully saturated rings. The van der Waals surface area contributed by atoms with E-state index in [9.17, 15) is 0 Å². The van der Waals surface area contributed by atoms with E-state index in [4.69, 9.17) is 5.11 Å². The van der Waals surface area contributed by atoms with E-state index in [1.165, 1.54) is 0 Å². The molecule has 0 spiro atoms. The van der Waals surface area contributed by atoms with Crippen LogP contribution >= 0.6 is 0 Å². The molecule has 0 heterocycles. The van der Waals surface area contributed by atoms with E-state index in [-0.39, 0.29) is 29.7 Å². The van der Waals surface area contributed by atoms with Crippen LogP contribution in [0.4, 0.5) is 0 Å². The Labute approximate surface area is 78.2 Å². The summed E-state index contributed by atoms with van der Waals surface area (Å²) in [6.45, 7) is 1.93. The molecular formula is C8H14MgO. The maximum Gasteiger partial charge on any atom is 0.316 e. The molecule has 1 rings (SSSR count). The van der Waals surface area contributed by atoms with E-state index < -0.39 is 0 Å². The van der Waals surface area contributed by atoms with Crippen molar-refractivity contribution in [2.45, 2.75) is 6.92 Å². The normalized spacial score (nSPS) is 6.60. The first kappa shape index (κ1) is 12.6. The lowest BCUT2D eigenvalue weighted by molar-refractivity contribution is 0.318. The first-order valence-electron chi connectivity index (χ1n) is 3.02. The first-order chi connectivity index (χ1) is 4.41. The van der Waals surface area contributed by atoms with Crippen molar-refractivity contribution in [1.29, 1.82) is 0 Å². The van der Waals surface area contributed by atoms with E-state index >= 15 is 0 Å². The van der Waals surface area contributed by atoms with Crippen LogP contribution in [0.1, 0.15) is 6.92 Å². The van der Waals surface area contributed by atoms with Crippen LogP contribution in [0, 0.1) is 0 Å². The molecular weight excluding hydrogens is 136 g/mol. The average Bonchev–Trinajstić information content (AvgIpc) is 1.93. The van der Waals surface area contributed by atoms with Gasteiger partial charge in [-0.1, -0.05) is 36.4 Å². The van der Waals surface area contributed by atoms with Crippen molar-refractivity contribution < 1.29 is 5.11 Å². The molecule has 54 valence electrons. The van der Waals surface area contributed by atoms with E-state index in [1.54, 1.807) is 6.92 Å². The van der Waals surface area contributed by atoms with Crippen LogP contribution in [0.3, 0.4) is 0 Å². The Balaban J connectivity index is 0. The summed E-state index contributed by atoms with van der Waals surface area (Å²) in [6, 6.07) is 12.0. The van der Waals surface area contributed by atoms with Gasteiger partial charge >= 0.3 is 23.1 Å². The Morgan fingerprint density at radius 2 is 1.00 bits per heavy atom. The number of hydrogen-bond acceptors (Lipinski definition) is 1. The minimum absolute atomic E-state index is 0. The van der Waals surface area contributed by atoms with Crippen LogP contribution in [0.25, 0.3) is 0 Å². The van der Waals surface area contributed by atoms with E-state index in [0.29, 0.717) is 0 Å². The Hall–Kier alpha value is -0.0538. The van der Waals surface area contributed by atoms with Gasteiger partial charge in [-0.05, 0) is 6.92 Å². The molecule has 1 N–H and O–H groups in total. The maximum atomic E-state index is 7.57. The number of hydrogen-bond donors (Lipinski definition) is 1. The fraction of sp³-hybridized carbons (Fsp3) is 0.250. The predicted molar refractivity (Wildman–Crippen MR) is 47.7 cm³/mol. The van der Waals surface area contributed by atoms with E-state index in [2.05, 4.69) is 0 Å². The lowest BCUT2D eigenvalue weighted by Gasteiger charge is -1.69. The Morgan fingerprint density at radius 1 is 0.900 bits per heavy atom. The van der Waals surface area contributed by atoms with Crippen LogP contribution in [0.2, 0.25) is 0 Å². The third-order valence-electron chi connectivity index (χ3n) is 0.667. The molecule has 0 saturated heterocycles. The van der Waals surface area contributed by atoms with Crippen molar-refractivity contribution in [2.75, 3.05) is 6.61 Å². The molecule has 1 aromatic carbocycles. The zero-order chi connectivity index (χ0) is 6.95. The second-order valence-corrected chi connectivity index (χ2v) is 1.47. The maximum absolute atomic E-state index is 7.57. The zero-order valence-electron chi connectivity index (χ0n) is 5.62. The van der Waals surface area contributed by atoms with Crippen LogP contribution in [0.15, 0.2) is 36.4 Å². The standard InChI is InChI=1S/C6H6.C2H6O.Mg.2H/c1-2-4-6-5-3-1;1-2-3;;;/h1-6H;3H,2H2,1H3;;;. The Kier molecular flexibility index (Phi) is 14.8. The van der Waals surface area contributed by atoms with Gasteiger partial charge in [0.05, 0.1) is 0 Å². The highest BCUT2D eigenvalue weighted by atomic mass is 24.3. The highest BCUT2D eigenvalue weighted by Gasteiger charge is 1.57. The van der Waals surface area contributed by atoms with Crippen LogP contribution < -0.4 is 0 Å². The summed E-state index contributed by atoms with van der Waals surface area (Å²) in [4.78, 5) is 0. The molecule has 0 saturated carbocycles.